The summed E-state index contributed by atoms with van der Waals surface area (Å²) in [6, 6.07) is 0.0977. The molecule has 0 unspecified atom stereocenters. The van der Waals surface area contributed by atoms with Crippen LogP contribution in [-0.4, -0.2) is 65.2 Å². The fourth-order valence-corrected chi connectivity index (χ4v) is 4.33. The zero-order valence-electron chi connectivity index (χ0n) is 17.8. The summed E-state index contributed by atoms with van der Waals surface area (Å²) in [4.78, 5) is 14.0. The molecule has 2 fully saturated rings. The maximum Gasteiger partial charge on any atom is 0.224 e. The highest BCUT2D eigenvalue weighted by Gasteiger charge is 2.26. The molecule has 4 rings (SSSR count). The van der Waals surface area contributed by atoms with Gasteiger partial charge in [0.2, 0.25) is 11.8 Å². The standard InChI is InChI=1S/C22H32N4O4/c1-14(13-28-2)25-22-24-12-19-20(26-22)18(15-3-5-16(27)6-4-15)11-23-21(19)30-17-7-9-29-10-8-17/h11-12,14-17,27H,3-10,13H2,1-2H3,(H,24,25,26)/t14-,15?,16?/m0/s1. The minimum Gasteiger partial charge on any atom is -0.474 e. The number of fused-ring (bicyclic) bond motifs is 1. The minimum atomic E-state index is -0.196. The van der Waals surface area contributed by atoms with E-state index in [1.54, 1.807) is 7.11 Å². The molecule has 2 aromatic heterocycles. The highest BCUT2D eigenvalue weighted by Crippen LogP contribution is 2.38. The number of nitrogens with zero attached hydrogens (tertiary/aromatic N) is 3. The van der Waals surface area contributed by atoms with Gasteiger partial charge in [0.25, 0.3) is 0 Å². The van der Waals surface area contributed by atoms with Crippen molar-refractivity contribution >= 4 is 16.9 Å². The Bertz CT molecular complexity index is 835. The molecular formula is C22H32N4O4. The summed E-state index contributed by atoms with van der Waals surface area (Å²) in [5.41, 5.74) is 2.00. The van der Waals surface area contributed by atoms with Crippen LogP contribution in [0.25, 0.3) is 10.9 Å². The predicted octanol–water partition coefficient (Wildman–Crippen LogP) is 3.05. The summed E-state index contributed by atoms with van der Waals surface area (Å²) >= 11 is 0. The molecule has 3 heterocycles. The molecule has 1 aliphatic heterocycles. The van der Waals surface area contributed by atoms with Crippen LogP contribution in [0.3, 0.4) is 0 Å². The van der Waals surface area contributed by atoms with E-state index < -0.39 is 0 Å². The van der Waals surface area contributed by atoms with Gasteiger partial charge in [-0.05, 0) is 38.5 Å². The van der Waals surface area contributed by atoms with E-state index in [0.717, 1.165) is 55.0 Å². The molecule has 0 bridgehead atoms. The van der Waals surface area contributed by atoms with Crippen LogP contribution in [0.2, 0.25) is 0 Å². The Balaban J connectivity index is 1.67. The SMILES string of the molecule is COC[C@H](C)Nc1ncc2c(OC3CCOCC3)ncc(C3CCC(O)CC3)c2n1. The second-order valence-electron chi connectivity index (χ2n) is 8.41. The summed E-state index contributed by atoms with van der Waals surface area (Å²) in [6.45, 7) is 4.04. The monoisotopic (exact) mass is 416 g/mol. The van der Waals surface area contributed by atoms with Gasteiger partial charge in [-0.1, -0.05) is 0 Å². The number of hydrogen-bond donors (Lipinski definition) is 2. The quantitative estimate of drug-likeness (QED) is 0.711. The van der Waals surface area contributed by atoms with Crippen LogP contribution in [0.5, 0.6) is 5.88 Å². The lowest BCUT2D eigenvalue weighted by atomic mass is 9.83. The van der Waals surface area contributed by atoms with Gasteiger partial charge in [0.15, 0.2) is 0 Å². The van der Waals surface area contributed by atoms with Gasteiger partial charge in [-0.15, -0.1) is 0 Å². The van der Waals surface area contributed by atoms with Crippen molar-refractivity contribution in [3.05, 3.63) is 18.0 Å². The third kappa shape index (κ3) is 4.99. The number of aromatic nitrogens is 3. The Morgan fingerprint density at radius 2 is 1.90 bits per heavy atom. The predicted molar refractivity (Wildman–Crippen MR) is 114 cm³/mol. The lowest BCUT2D eigenvalue weighted by molar-refractivity contribution is 0.0244. The summed E-state index contributed by atoms with van der Waals surface area (Å²) < 4.78 is 16.9. The molecule has 1 saturated heterocycles. The Hall–Kier alpha value is -2.03. The van der Waals surface area contributed by atoms with Crippen molar-refractivity contribution in [3.8, 4) is 5.88 Å². The molecular weight excluding hydrogens is 384 g/mol. The summed E-state index contributed by atoms with van der Waals surface area (Å²) in [5.74, 6) is 1.50. The van der Waals surface area contributed by atoms with Crippen molar-refractivity contribution in [2.24, 2.45) is 0 Å². The van der Waals surface area contributed by atoms with Gasteiger partial charge in [-0.25, -0.2) is 15.0 Å². The number of pyridine rings is 1. The zero-order valence-corrected chi connectivity index (χ0v) is 17.8. The maximum atomic E-state index is 9.91. The highest BCUT2D eigenvalue weighted by molar-refractivity contribution is 5.86. The first kappa shape index (κ1) is 21.2. The second-order valence-corrected chi connectivity index (χ2v) is 8.41. The third-order valence-corrected chi connectivity index (χ3v) is 5.99. The molecule has 0 spiro atoms. The van der Waals surface area contributed by atoms with Gasteiger partial charge >= 0.3 is 0 Å². The van der Waals surface area contributed by atoms with Crippen molar-refractivity contribution in [2.45, 2.75) is 69.6 Å². The molecule has 164 valence electrons. The van der Waals surface area contributed by atoms with Crippen LogP contribution in [0.15, 0.2) is 12.4 Å². The topological polar surface area (TPSA) is 98.6 Å². The van der Waals surface area contributed by atoms with Crippen LogP contribution in [0.4, 0.5) is 5.95 Å². The van der Waals surface area contributed by atoms with E-state index in [1.165, 1.54) is 0 Å². The minimum absolute atomic E-state index is 0.0977. The lowest BCUT2D eigenvalue weighted by Gasteiger charge is -2.27. The molecule has 2 N–H and O–H groups in total. The molecule has 30 heavy (non-hydrogen) atoms. The molecule has 8 nitrogen and oxygen atoms in total. The third-order valence-electron chi connectivity index (χ3n) is 5.99. The first-order valence-corrected chi connectivity index (χ1v) is 11.0. The molecule has 1 saturated carbocycles. The van der Waals surface area contributed by atoms with Gasteiger partial charge in [-0.2, -0.15) is 0 Å². The van der Waals surface area contributed by atoms with Crippen LogP contribution in [0.1, 0.15) is 56.9 Å². The number of aliphatic hydroxyl groups is 1. The summed E-state index contributed by atoms with van der Waals surface area (Å²) in [6.07, 6.45) is 8.85. The van der Waals surface area contributed by atoms with Crippen molar-refractivity contribution < 1.29 is 19.3 Å². The number of anilines is 1. The van der Waals surface area contributed by atoms with Gasteiger partial charge in [-0.3, -0.25) is 0 Å². The van der Waals surface area contributed by atoms with E-state index in [9.17, 15) is 5.11 Å². The maximum absolute atomic E-state index is 9.91. The number of aliphatic hydroxyl groups excluding tert-OH is 1. The number of ether oxygens (including phenoxy) is 3. The van der Waals surface area contributed by atoms with Crippen LogP contribution < -0.4 is 10.1 Å². The smallest absolute Gasteiger partial charge is 0.224 e. The summed E-state index contributed by atoms with van der Waals surface area (Å²) in [7, 11) is 1.68. The van der Waals surface area contributed by atoms with Crippen molar-refractivity contribution in [1.29, 1.82) is 0 Å². The van der Waals surface area contributed by atoms with Crippen LogP contribution in [0, 0.1) is 0 Å². The average Bonchev–Trinajstić information content (AvgIpc) is 2.75. The van der Waals surface area contributed by atoms with E-state index in [1.807, 2.05) is 19.3 Å². The van der Waals surface area contributed by atoms with Crippen molar-refractivity contribution in [1.82, 2.24) is 15.0 Å². The van der Waals surface area contributed by atoms with E-state index in [0.29, 0.717) is 37.6 Å². The number of methoxy groups -OCH3 is 1. The molecule has 0 radical (unpaired) electrons. The van der Waals surface area contributed by atoms with Crippen molar-refractivity contribution in [2.75, 3.05) is 32.2 Å². The Morgan fingerprint density at radius 1 is 1.13 bits per heavy atom. The molecule has 0 aromatic carbocycles. The molecule has 1 atom stereocenters. The van der Waals surface area contributed by atoms with E-state index in [-0.39, 0.29) is 18.2 Å². The normalized spacial score (nSPS) is 24.0. The summed E-state index contributed by atoms with van der Waals surface area (Å²) in [5, 5.41) is 14.1. The molecule has 1 aliphatic carbocycles. The van der Waals surface area contributed by atoms with Gasteiger partial charge in [0, 0.05) is 44.0 Å². The van der Waals surface area contributed by atoms with Gasteiger partial charge < -0.3 is 24.6 Å². The molecule has 0 amide bonds. The van der Waals surface area contributed by atoms with E-state index >= 15 is 0 Å². The largest absolute Gasteiger partial charge is 0.474 e. The first-order chi connectivity index (χ1) is 14.6. The lowest BCUT2D eigenvalue weighted by Crippen LogP contribution is -2.26. The van der Waals surface area contributed by atoms with Crippen LogP contribution in [-0.2, 0) is 9.47 Å². The van der Waals surface area contributed by atoms with Gasteiger partial charge in [0.05, 0.1) is 36.8 Å². The molecule has 2 aromatic rings. The van der Waals surface area contributed by atoms with E-state index in [2.05, 4.69) is 15.3 Å². The van der Waals surface area contributed by atoms with Crippen LogP contribution >= 0.6 is 0 Å². The Labute approximate surface area is 177 Å². The Morgan fingerprint density at radius 3 is 2.63 bits per heavy atom. The second kappa shape index (κ2) is 9.85. The van der Waals surface area contributed by atoms with Gasteiger partial charge in [0.1, 0.15) is 6.10 Å². The number of rotatable bonds is 7. The number of hydrogen-bond acceptors (Lipinski definition) is 8. The van der Waals surface area contributed by atoms with E-state index in [4.69, 9.17) is 19.2 Å². The molecule has 8 heteroatoms. The highest BCUT2D eigenvalue weighted by atomic mass is 16.5. The number of nitrogens with one attached hydrogen (secondary N) is 1. The zero-order chi connectivity index (χ0) is 20.9. The fourth-order valence-electron chi connectivity index (χ4n) is 4.33. The molecule has 2 aliphatic rings. The van der Waals surface area contributed by atoms with Crippen molar-refractivity contribution in [3.63, 3.8) is 0 Å². The average molecular weight is 417 g/mol. The first-order valence-electron chi connectivity index (χ1n) is 11.0. The fraction of sp³-hybridized carbons (Fsp3) is 0.682. The Kier molecular flexibility index (Phi) is 6.97.